The molecule has 30 heavy (non-hydrogen) atoms. The molecule has 156 valence electrons. The number of carbonyl (C=O) groups excluding carboxylic acids is 1. The summed E-state index contributed by atoms with van der Waals surface area (Å²) in [6, 6.07) is 13.7. The van der Waals surface area contributed by atoms with E-state index in [0.717, 1.165) is 16.1 Å². The van der Waals surface area contributed by atoms with Crippen LogP contribution in [0.1, 0.15) is 44.0 Å². The number of hydrogen-bond donors (Lipinski definition) is 1. The summed E-state index contributed by atoms with van der Waals surface area (Å²) >= 11 is 1.35. The molecule has 0 unspecified atom stereocenters. The molecule has 0 spiro atoms. The first-order valence-electron chi connectivity index (χ1n) is 9.69. The number of ether oxygens (including phenoxy) is 2. The zero-order valence-corrected chi connectivity index (χ0v) is 18.4. The third-order valence-electron chi connectivity index (χ3n) is 4.40. The molecule has 3 rings (SSSR count). The lowest BCUT2D eigenvalue weighted by molar-refractivity contribution is 0.0958. The third-order valence-corrected chi connectivity index (χ3v) is 5.47. The van der Waals surface area contributed by atoms with Gasteiger partial charge < -0.3 is 9.47 Å². The van der Waals surface area contributed by atoms with Crippen LogP contribution in [0, 0.1) is 20.8 Å². The quantitative estimate of drug-likeness (QED) is 0.417. The van der Waals surface area contributed by atoms with Gasteiger partial charge in [0.05, 0.1) is 23.5 Å². The minimum absolute atomic E-state index is 0.266. The fourth-order valence-corrected chi connectivity index (χ4v) is 3.69. The molecule has 1 amide bonds. The van der Waals surface area contributed by atoms with E-state index in [1.54, 1.807) is 6.21 Å². The van der Waals surface area contributed by atoms with E-state index in [1.807, 2.05) is 57.2 Å². The van der Waals surface area contributed by atoms with Crippen molar-refractivity contribution in [3.8, 4) is 11.5 Å². The number of aromatic nitrogens is 1. The molecular weight excluding hydrogens is 398 g/mol. The zero-order chi connectivity index (χ0) is 21.5. The molecule has 1 aromatic heterocycles. The number of nitrogens with one attached hydrogen (secondary N) is 1. The highest BCUT2D eigenvalue weighted by Gasteiger charge is 2.13. The minimum Gasteiger partial charge on any atom is -0.490 e. The summed E-state index contributed by atoms with van der Waals surface area (Å²) in [5.74, 6) is 1.03. The third kappa shape index (κ3) is 5.45. The smallest absolute Gasteiger partial charge is 0.283 e. The average Bonchev–Trinajstić information content (AvgIpc) is 3.07. The van der Waals surface area contributed by atoms with Crippen molar-refractivity contribution in [3.63, 3.8) is 0 Å². The fraction of sp³-hybridized carbons (Fsp3) is 0.261. The van der Waals surface area contributed by atoms with Gasteiger partial charge in [-0.05, 0) is 62.6 Å². The van der Waals surface area contributed by atoms with Gasteiger partial charge in [0.15, 0.2) is 11.5 Å². The largest absolute Gasteiger partial charge is 0.490 e. The lowest BCUT2D eigenvalue weighted by Crippen LogP contribution is -2.17. The van der Waals surface area contributed by atoms with Gasteiger partial charge in [-0.25, -0.2) is 10.4 Å². The van der Waals surface area contributed by atoms with Gasteiger partial charge in [0.2, 0.25) is 0 Å². The van der Waals surface area contributed by atoms with Crippen molar-refractivity contribution < 1.29 is 14.3 Å². The number of hydrogen-bond acceptors (Lipinski definition) is 6. The normalized spacial score (nSPS) is 10.9. The van der Waals surface area contributed by atoms with Crippen LogP contribution in [0.5, 0.6) is 11.5 Å². The van der Waals surface area contributed by atoms with E-state index in [-0.39, 0.29) is 5.91 Å². The van der Waals surface area contributed by atoms with E-state index in [0.29, 0.717) is 35.3 Å². The Morgan fingerprint density at radius 1 is 1.13 bits per heavy atom. The van der Waals surface area contributed by atoms with Gasteiger partial charge in [-0.3, -0.25) is 4.79 Å². The molecule has 6 nitrogen and oxygen atoms in total. The summed E-state index contributed by atoms with van der Waals surface area (Å²) in [5, 5.41) is 4.91. The molecule has 0 saturated heterocycles. The van der Waals surface area contributed by atoms with Gasteiger partial charge in [-0.1, -0.05) is 24.3 Å². The predicted octanol–water partition coefficient (Wildman–Crippen LogP) is 4.81. The van der Waals surface area contributed by atoms with Crippen LogP contribution in [0.15, 0.2) is 47.6 Å². The number of nitrogens with zero attached hydrogens (tertiary/aromatic N) is 2. The van der Waals surface area contributed by atoms with E-state index in [1.165, 1.54) is 16.9 Å². The van der Waals surface area contributed by atoms with Crippen LogP contribution in [0.3, 0.4) is 0 Å². The molecule has 2 aromatic carbocycles. The first-order valence-corrected chi connectivity index (χ1v) is 10.5. The number of amides is 1. The van der Waals surface area contributed by atoms with Crippen LogP contribution in [0.2, 0.25) is 0 Å². The lowest BCUT2D eigenvalue weighted by Gasteiger charge is -2.13. The van der Waals surface area contributed by atoms with Crippen LogP contribution in [0.4, 0.5) is 0 Å². The van der Waals surface area contributed by atoms with Crippen molar-refractivity contribution in [1.82, 2.24) is 10.4 Å². The summed E-state index contributed by atoms with van der Waals surface area (Å²) in [5.41, 5.74) is 6.36. The number of aryl methyl sites for hydroxylation is 3. The highest BCUT2D eigenvalue weighted by atomic mass is 32.1. The molecule has 3 aromatic rings. The lowest BCUT2D eigenvalue weighted by atomic mass is 10.1. The van der Waals surface area contributed by atoms with Gasteiger partial charge in [-0.2, -0.15) is 5.10 Å². The Bertz CT molecular complexity index is 1060. The second-order valence-corrected chi connectivity index (χ2v) is 7.90. The summed E-state index contributed by atoms with van der Waals surface area (Å²) in [6.45, 7) is 8.64. The first-order chi connectivity index (χ1) is 14.5. The molecule has 0 aliphatic heterocycles. The Morgan fingerprint density at radius 3 is 2.63 bits per heavy atom. The molecule has 1 N–H and O–H groups in total. The van der Waals surface area contributed by atoms with E-state index in [9.17, 15) is 4.79 Å². The molecule has 0 aliphatic carbocycles. The molecule has 0 saturated carbocycles. The van der Waals surface area contributed by atoms with Gasteiger partial charge in [0.25, 0.3) is 5.91 Å². The summed E-state index contributed by atoms with van der Waals surface area (Å²) < 4.78 is 11.7. The van der Waals surface area contributed by atoms with Crippen LogP contribution >= 0.6 is 11.3 Å². The highest BCUT2D eigenvalue weighted by Crippen LogP contribution is 2.29. The number of benzene rings is 2. The standard InChI is InChI=1S/C23H25N3O3S/c1-5-28-21-12-18(13-24-26-23(27)22-16(3)25-17(4)30-22)10-11-20(21)29-14-19-9-7-6-8-15(19)2/h6-13H,5,14H2,1-4H3,(H,26,27)/b24-13-. The maximum absolute atomic E-state index is 12.2. The summed E-state index contributed by atoms with van der Waals surface area (Å²) in [7, 11) is 0. The van der Waals surface area contributed by atoms with Crippen molar-refractivity contribution in [2.45, 2.75) is 34.3 Å². The van der Waals surface area contributed by atoms with Crippen LogP contribution in [-0.4, -0.2) is 23.7 Å². The molecule has 0 aliphatic rings. The van der Waals surface area contributed by atoms with Crippen molar-refractivity contribution in [2.75, 3.05) is 6.61 Å². The van der Waals surface area contributed by atoms with Crippen molar-refractivity contribution >= 4 is 23.5 Å². The summed E-state index contributed by atoms with van der Waals surface area (Å²) in [4.78, 5) is 17.1. The average molecular weight is 424 g/mol. The second-order valence-electron chi connectivity index (χ2n) is 6.70. The number of rotatable bonds is 8. The maximum Gasteiger partial charge on any atom is 0.283 e. The fourth-order valence-electron chi connectivity index (χ4n) is 2.88. The Morgan fingerprint density at radius 2 is 1.93 bits per heavy atom. The van der Waals surface area contributed by atoms with Gasteiger partial charge >= 0.3 is 0 Å². The van der Waals surface area contributed by atoms with Gasteiger partial charge in [-0.15, -0.1) is 11.3 Å². The van der Waals surface area contributed by atoms with E-state index in [4.69, 9.17) is 9.47 Å². The Kier molecular flexibility index (Phi) is 7.19. The number of thiazole rings is 1. The molecule has 0 bridgehead atoms. The SMILES string of the molecule is CCOc1cc(/C=N\NC(=O)c2sc(C)nc2C)ccc1OCc1ccccc1C. The number of carbonyl (C=O) groups is 1. The van der Waals surface area contributed by atoms with E-state index in [2.05, 4.69) is 28.5 Å². The molecular formula is C23H25N3O3S. The second kappa shape index (κ2) is 10.0. The Balaban J connectivity index is 1.68. The minimum atomic E-state index is -0.266. The molecule has 7 heteroatoms. The van der Waals surface area contributed by atoms with Crippen LogP contribution < -0.4 is 14.9 Å². The topological polar surface area (TPSA) is 72.8 Å². The van der Waals surface area contributed by atoms with E-state index >= 15 is 0 Å². The first kappa shape index (κ1) is 21.5. The summed E-state index contributed by atoms with van der Waals surface area (Å²) in [6.07, 6.45) is 1.58. The van der Waals surface area contributed by atoms with Crippen molar-refractivity contribution in [1.29, 1.82) is 0 Å². The Labute approximate surface area is 180 Å². The van der Waals surface area contributed by atoms with Crippen molar-refractivity contribution in [2.24, 2.45) is 5.10 Å². The number of hydrazone groups is 1. The molecule has 0 fully saturated rings. The van der Waals surface area contributed by atoms with Crippen molar-refractivity contribution in [3.05, 3.63) is 74.7 Å². The maximum atomic E-state index is 12.2. The molecule has 0 atom stereocenters. The zero-order valence-electron chi connectivity index (χ0n) is 17.6. The predicted molar refractivity (Wildman–Crippen MR) is 120 cm³/mol. The molecule has 0 radical (unpaired) electrons. The molecule has 1 heterocycles. The van der Waals surface area contributed by atoms with E-state index < -0.39 is 0 Å². The highest BCUT2D eigenvalue weighted by molar-refractivity contribution is 7.13. The van der Waals surface area contributed by atoms with Gasteiger partial charge in [0, 0.05) is 0 Å². The van der Waals surface area contributed by atoms with Crippen LogP contribution in [0.25, 0.3) is 0 Å². The van der Waals surface area contributed by atoms with Crippen LogP contribution in [-0.2, 0) is 6.61 Å². The Hall–Kier alpha value is -3.19. The van der Waals surface area contributed by atoms with Gasteiger partial charge in [0.1, 0.15) is 11.5 Å². The monoisotopic (exact) mass is 423 g/mol.